The van der Waals surface area contributed by atoms with Crippen LogP contribution in [0.1, 0.15) is 37.4 Å². The predicted molar refractivity (Wildman–Crippen MR) is 115 cm³/mol. The first-order valence-electron chi connectivity index (χ1n) is 8.56. The third-order valence-electron chi connectivity index (χ3n) is 4.51. The molecule has 0 aliphatic carbocycles. The Hall–Kier alpha value is -2.19. The Morgan fingerprint density at radius 2 is 1.43 bits per heavy atom. The summed E-state index contributed by atoms with van der Waals surface area (Å²) in [5.41, 5.74) is 1.95. The predicted octanol–water partition coefficient (Wildman–Crippen LogP) is 5.87. The highest BCUT2D eigenvalue weighted by molar-refractivity contribution is 7.72. The van der Waals surface area contributed by atoms with Crippen LogP contribution in [0.2, 0.25) is 10.0 Å². The van der Waals surface area contributed by atoms with Crippen LogP contribution in [0.25, 0.3) is 0 Å². The Kier molecular flexibility index (Phi) is 6.20. The van der Waals surface area contributed by atoms with E-state index in [0.717, 1.165) is 11.1 Å². The summed E-state index contributed by atoms with van der Waals surface area (Å²) in [6.07, 6.45) is 0. The second-order valence-corrected chi connectivity index (χ2v) is 8.80. The van der Waals surface area contributed by atoms with E-state index in [-0.39, 0.29) is 26.7 Å². The van der Waals surface area contributed by atoms with E-state index in [1.165, 1.54) is 12.1 Å². The largest absolute Gasteiger partial charge is 0.313 e. The molecule has 0 aromatic heterocycles. The van der Waals surface area contributed by atoms with E-state index in [4.69, 9.17) is 23.2 Å². The standard InChI is InChI=1S/C22H17Cl2O3P/c1-13-7-6-8-14(2)18(13)22(26)28(27)21-17(23)12-11-16(19(21)24)20(25)15-9-4-3-5-10-15/h3-12,28H,1-2H3. The molecule has 3 nitrogen and oxygen atoms in total. The normalized spacial score (nSPS) is 11.9. The molecule has 1 unspecified atom stereocenters. The van der Waals surface area contributed by atoms with Gasteiger partial charge in [-0.3, -0.25) is 9.59 Å². The van der Waals surface area contributed by atoms with Crippen molar-refractivity contribution in [3.63, 3.8) is 0 Å². The molecule has 28 heavy (non-hydrogen) atoms. The zero-order valence-corrected chi connectivity index (χ0v) is 17.8. The molecule has 0 heterocycles. The molecule has 142 valence electrons. The molecule has 0 saturated carbocycles. The Labute approximate surface area is 174 Å². The topological polar surface area (TPSA) is 51.2 Å². The second-order valence-electron chi connectivity index (χ2n) is 6.40. The van der Waals surface area contributed by atoms with Gasteiger partial charge in [0.2, 0.25) is 5.52 Å². The fourth-order valence-electron chi connectivity index (χ4n) is 3.08. The maximum atomic E-state index is 13.2. The first-order chi connectivity index (χ1) is 13.3. The van der Waals surface area contributed by atoms with Crippen LogP contribution in [0.4, 0.5) is 0 Å². The van der Waals surface area contributed by atoms with Crippen LogP contribution in [-0.4, -0.2) is 11.3 Å². The lowest BCUT2D eigenvalue weighted by Crippen LogP contribution is -2.13. The number of carbonyl (C=O) groups is 2. The number of carbonyl (C=O) groups excluding carboxylic acids is 2. The SMILES string of the molecule is Cc1cccc(C)c1C(=O)[PH](=O)c1c(Cl)ccc(C(=O)c2ccccc2)c1Cl. The molecule has 1 atom stereocenters. The van der Waals surface area contributed by atoms with Crippen LogP contribution in [0.3, 0.4) is 0 Å². The lowest BCUT2D eigenvalue weighted by atomic mass is 10.0. The number of aryl methyl sites for hydroxylation is 2. The van der Waals surface area contributed by atoms with Crippen molar-refractivity contribution in [1.82, 2.24) is 0 Å². The van der Waals surface area contributed by atoms with Gasteiger partial charge in [0.15, 0.2) is 13.6 Å². The quantitative estimate of drug-likeness (QED) is 0.375. The summed E-state index contributed by atoms with van der Waals surface area (Å²) < 4.78 is 13.2. The zero-order chi connectivity index (χ0) is 20.4. The summed E-state index contributed by atoms with van der Waals surface area (Å²) >= 11 is 12.7. The maximum Gasteiger partial charge on any atom is 0.223 e. The van der Waals surface area contributed by atoms with Gasteiger partial charge in [-0.05, 0) is 37.1 Å². The number of ketones is 1. The van der Waals surface area contributed by atoms with E-state index < -0.39 is 13.3 Å². The molecule has 3 aromatic carbocycles. The fraction of sp³-hybridized carbons (Fsp3) is 0.0909. The van der Waals surface area contributed by atoms with Crippen LogP contribution in [0, 0.1) is 13.8 Å². The third-order valence-corrected chi connectivity index (χ3v) is 7.17. The van der Waals surface area contributed by atoms with Crippen molar-refractivity contribution >= 4 is 47.6 Å². The van der Waals surface area contributed by atoms with E-state index in [9.17, 15) is 14.2 Å². The van der Waals surface area contributed by atoms with E-state index >= 15 is 0 Å². The summed E-state index contributed by atoms with van der Waals surface area (Å²) in [4.78, 5) is 25.8. The molecule has 0 aliphatic rings. The van der Waals surface area contributed by atoms with Gasteiger partial charge in [-0.25, -0.2) is 0 Å². The number of benzene rings is 3. The van der Waals surface area contributed by atoms with Crippen LogP contribution in [-0.2, 0) is 4.57 Å². The monoisotopic (exact) mass is 430 g/mol. The number of hydrogen-bond acceptors (Lipinski definition) is 3. The molecule has 0 spiro atoms. The molecule has 0 amide bonds. The summed E-state index contributed by atoms with van der Waals surface area (Å²) in [5.74, 6) is -0.321. The van der Waals surface area contributed by atoms with Crippen molar-refractivity contribution < 1.29 is 14.2 Å². The number of hydrogen-bond donors (Lipinski definition) is 0. The molecule has 0 radical (unpaired) electrons. The summed E-state index contributed by atoms with van der Waals surface area (Å²) in [7, 11) is -3.04. The Morgan fingerprint density at radius 1 is 0.821 bits per heavy atom. The third kappa shape index (κ3) is 3.84. The Morgan fingerprint density at radius 3 is 2.04 bits per heavy atom. The van der Waals surface area contributed by atoms with E-state index in [1.807, 2.05) is 6.07 Å². The lowest BCUT2D eigenvalue weighted by Gasteiger charge is -2.13. The Bertz CT molecular complexity index is 1090. The second kappa shape index (κ2) is 8.45. The molecular formula is C22H17Cl2O3P. The summed E-state index contributed by atoms with van der Waals surface area (Å²) in [5, 5.41) is 0.102. The maximum absolute atomic E-state index is 13.2. The van der Waals surface area contributed by atoms with Crippen LogP contribution in [0.5, 0.6) is 0 Å². The van der Waals surface area contributed by atoms with Crippen LogP contribution >= 0.6 is 31.0 Å². The highest BCUT2D eigenvalue weighted by Crippen LogP contribution is 2.36. The van der Waals surface area contributed by atoms with Gasteiger partial charge in [0.1, 0.15) is 0 Å². The molecule has 0 bridgehead atoms. The lowest BCUT2D eigenvalue weighted by molar-refractivity contribution is 0.103. The molecule has 0 N–H and O–H groups in total. The molecular weight excluding hydrogens is 414 g/mol. The molecule has 0 aliphatic heterocycles. The average molecular weight is 431 g/mol. The van der Waals surface area contributed by atoms with Crippen molar-refractivity contribution in [2.24, 2.45) is 0 Å². The van der Waals surface area contributed by atoms with Crippen LogP contribution in [0.15, 0.2) is 60.7 Å². The van der Waals surface area contributed by atoms with Gasteiger partial charge in [-0.15, -0.1) is 0 Å². The van der Waals surface area contributed by atoms with Crippen molar-refractivity contribution in [1.29, 1.82) is 0 Å². The van der Waals surface area contributed by atoms with Crippen molar-refractivity contribution in [2.75, 3.05) is 0 Å². The summed E-state index contributed by atoms with van der Waals surface area (Å²) in [6, 6.07) is 17.0. The van der Waals surface area contributed by atoms with E-state index in [2.05, 4.69) is 0 Å². The van der Waals surface area contributed by atoms with Crippen molar-refractivity contribution in [3.8, 4) is 0 Å². The van der Waals surface area contributed by atoms with Gasteiger partial charge in [-0.2, -0.15) is 0 Å². The van der Waals surface area contributed by atoms with Gasteiger partial charge in [0.05, 0.1) is 15.3 Å². The highest BCUT2D eigenvalue weighted by Gasteiger charge is 2.27. The van der Waals surface area contributed by atoms with Gasteiger partial charge in [0, 0.05) is 16.7 Å². The minimum Gasteiger partial charge on any atom is -0.313 e. The van der Waals surface area contributed by atoms with Gasteiger partial charge in [-0.1, -0.05) is 71.7 Å². The molecule has 3 aromatic rings. The number of halogens is 2. The first-order valence-corrected chi connectivity index (χ1v) is 10.7. The van der Waals surface area contributed by atoms with E-state index in [1.54, 1.807) is 56.3 Å². The fourth-order valence-corrected chi connectivity index (χ4v) is 5.53. The van der Waals surface area contributed by atoms with Crippen molar-refractivity contribution in [3.05, 3.63) is 98.5 Å². The minimum atomic E-state index is -3.04. The minimum absolute atomic E-state index is 0.0303. The zero-order valence-electron chi connectivity index (χ0n) is 15.3. The van der Waals surface area contributed by atoms with Gasteiger partial charge in [0.25, 0.3) is 0 Å². The molecule has 6 heteroatoms. The smallest absolute Gasteiger partial charge is 0.223 e. The number of rotatable bonds is 5. The van der Waals surface area contributed by atoms with Gasteiger partial charge < -0.3 is 4.57 Å². The highest BCUT2D eigenvalue weighted by atomic mass is 35.5. The van der Waals surface area contributed by atoms with E-state index in [0.29, 0.717) is 11.1 Å². The molecule has 3 rings (SSSR count). The Balaban J connectivity index is 2.08. The van der Waals surface area contributed by atoms with Crippen molar-refractivity contribution in [2.45, 2.75) is 13.8 Å². The van der Waals surface area contributed by atoms with Gasteiger partial charge >= 0.3 is 0 Å². The summed E-state index contributed by atoms with van der Waals surface area (Å²) in [6.45, 7) is 3.57. The first kappa shape index (κ1) is 20.5. The van der Waals surface area contributed by atoms with Crippen LogP contribution < -0.4 is 5.30 Å². The average Bonchev–Trinajstić information content (AvgIpc) is 2.68. The molecule has 0 fully saturated rings. The molecule has 0 saturated heterocycles.